The van der Waals surface area contributed by atoms with E-state index in [0.29, 0.717) is 44.9 Å². The van der Waals surface area contributed by atoms with E-state index in [0.717, 1.165) is 11.1 Å². The van der Waals surface area contributed by atoms with E-state index in [1.54, 1.807) is 52.8 Å². The van der Waals surface area contributed by atoms with Crippen LogP contribution in [0.1, 0.15) is 19.2 Å². The van der Waals surface area contributed by atoms with Crippen molar-refractivity contribution in [1.29, 1.82) is 0 Å². The van der Waals surface area contributed by atoms with Crippen LogP contribution in [0, 0.1) is 0 Å². The standard InChI is InChI=1S/C29H27ClN2O8S2/c1-20(16-28-31(12-5-14-41(33,34)35)25-19-23(30)9-11-27(25)40-28)17-29-32(13-15-42(36,37)38)24-18-22(8-10-26(24)39-29)21-6-3-2-4-7-21/h2-4,6-11,16-19H,5,12-15H2,1H3,(H-,33,34,35,36,37,38)/p-1. The topological polar surface area (TPSA) is 144 Å². The second-order valence-corrected chi connectivity index (χ2v) is 13.2. The molecule has 4 aromatic rings. The summed E-state index contributed by atoms with van der Waals surface area (Å²) in [6.45, 7) is 1.84. The smallest absolute Gasteiger partial charge is 0.374 e. The molecule has 5 rings (SSSR count). The fourth-order valence-corrected chi connectivity index (χ4v) is 5.75. The van der Waals surface area contributed by atoms with Gasteiger partial charge in [-0.1, -0.05) is 48.0 Å². The second kappa shape index (κ2) is 11.9. The molecule has 1 aliphatic rings. The number of aromatic nitrogens is 1. The Bertz CT molecular complexity index is 1920. The Balaban J connectivity index is 1.52. The molecule has 0 aliphatic carbocycles. The predicted octanol–water partition coefficient (Wildman–Crippen LogP) is 4.66. The maximum atomic E-state index is 11.5. The first-order chi connectivity index (χ1) is 19.9. The van der Waals surface area contributed by atoms with Gasteiger partial charge >= 0.3 is 5.89 Å². The number of halogens is 1. The van der Waals surface area contributed by atoms with Crippen LogP contribution in [-0.4, -0.2) is 44.0 Å². The monoisotopic (exact) mass is 629 g/mol. The minimum atomic E-state index is -4.50. The van der Waals surface area contributed by atoms with Crippen molar-refractivity contribution in [3.8, 4) is 16.9 Å². The zero-order chi connectivity index (χ0) is 30.1. The highest BCUT2D eigenvalue weighted by Gasteiger charge is 2.27. The Morgan fingerprint density at radius 1 is 0.952 bits per heavy atom. The van der Waals surface area contributed by atoms with Crippen LogP contribution in [0.2, 0.25) is 5.02 Å². The Kier molecular flexibility index (Phi) is 8.44. The number of benzene rings is 3. The lowest BCUT2D eigenvalue weighted by Crippen LogP contribution is -2.38. The van der Waals surface area contributed by atoms with Gasteiger partial charge in [0, 0.05) is 29.5 Å². The van der Waals surface area contributed by atoms with Crippen LogP contribution in [-0.2, 0) is 26.8 Å². The molecular weight excluding hydrogens is 604 g/mol. The van der Waals surface area contributed by atoms with E-state index in [2.05, 4.69) is 0 Å². The predicted molar refractivity (Wildman–Crippen MR) is 157 cm³/mol. The summed E-state index contributed by atoms with van der Waals surface area (Å²) in [5.74, 6) is 0.0412. The van der Waals surface area contributed by atoms with Gasteiger partial charge < -0.3 is 23.2 Å². The molecule has 0 atom stereocenters. The molecule has 220 valence electrons. The van der Waals surface area contributed by atoms with Crippen molar-refractivity contribution in [2.24, 2.45) is 0 Å². The maximum Gasteiger partial charge on any atom is 0.374 e. The quantitative estimate of drug-likeness (QED) is 0.181. The number of oxazole rings is 1. The Morgan fingerprint density at radius 3 is 2.40 bits per heavy atom. The molecule has 0 radical (unpaired) electrons. The van der Waals surface area contributed by atoms with E-state index in [1.807, 2.05) is 42.5 Å². The van der Waals surface area contributed by atoms with Gasteiger partial charge in [0.1, 0.15) is 10.1 Å². The van der Waals surface area contributed by atoms with Crippen molar-refractivity contribution >= 4 is 54.7 Å². The number of rotatable bonds is 10. The summed E-state index contributed by atoms with van der Waals surface area (Å²) in [6.07, 6.45) is 3.46. The number of anilines is 1. The summed E-state index contributed by atoms with van der Waals surface area (Å²) < 4.78 is 81.8. The number of aryl methyl sites for hydroxylation is 1. The van der Waals surface area contributed by atoms with Gasteiger partial charge in [0.05, 0.1) is 27.6 Å². The first-order valence-corrected chi connectivity index (χ1v) is 16.4. The molecule has 0 N–H and O–H groups in total. The molecule has 3 aromatic carbocycles. The third kappa shape index (κ3) is 7.20. The van der Waals surface area contributed by atoms with Gasteiger partial charge in [-0.25, -0.2) is 16.8 Å². The van der Waals surface area contributed by atoms with E-state index >= 15 is 0 Å². The number of hydrogen-bond acceptors (Lipinski definition) is 9. The molecule has 13 heteroatoms. The van der Waals surface area contributed by atoms with Crippen molar-refractivity contribution in [2.45, 2.75) is 19.9 Å². The van der Waals surface area contributed by atoms with Crippen molar-refractivity contribution < 1.29 is 39.7 Å². The van der Waals surface area contributed by atoms with Crippen molar-refractivity contribution in [2.75, 3.05) is 23.0 Å². The largest absolute Gasteiger partial charge is 0.748 e. The number of ether oxygens (including phenoxy) is 1. The van der Waals surface area contributed by atoms with Gasteiger partial charge in [0.15, 0.2) is 12.3 Å². The van der Waals surface area contributed by atoms with Crippen molar-refractivity contribution in [1.82, 2.24) is 0 Å². The molecule has 2 heterocycles. The summed E-state index contributed by atoms with van der Waals surface area (Å²) in [7, 11) is -8.90. The molecular formula is C29H26ClN2O8S2-. The molecule has 0 fully saturated rings. The highest BCUT2D eigenvalue weighted by Crippen LogP contribution is 2.41. The van der Waals surface area contributed by atoms with Gasteiger partial charge in [-0.05, 0) is 54.3 Å². The van der Waals surface area contributed by atoms with Crippen molar-refractivity contribution in [3.05, 3.63) is 95.2 Å². The molecule has 0 amide bonds. The normalized spacial score (nSPS) is 14.9. The molecule has 10 nitrogen and oxygen atoms in total. The number of fused-ring (bicyclic) bond motifs is 2. The Labute approximate surface area is 248 Å². The van der Waals surface area contributed by atoms with Gasteiger partial charge in [-0.2, -0.15) is 4.57 Å². The Morgan fingerprint density at radius 2 is 1.69 bits per heavy atom. The Hall–Kier alpha value is -3.68. The molecule has 42 heavy (non-hydrogen) atoms. The maximum absolute atomic E-state index is 11.5. The summed E-state index contributed by atoms with van der Waals surface area (Å²) in [5.41, 5.74) is 4.24. The van der Waals surface area contributed by atoms with Crippen LogP contribution < -0.4 is 14.2 Å². The first kappa shape index (κ1) is 29.8. The van der Waals surface area contributed by atoms with Gasteiger partial charge in [-0.15, -0.1) is 0 Å². The van der Waals surface area contributed by atoms with Gasteiger partial charge in [0.2, 0.25) is 11.5 Å². The van der Waals surface area contributed by atoms with Crippen LogP contribution in [0.25, 0.3) is 28.3 Å². The minimum Gasteiger partial charge on any atom is -0.748 e. The third-order valence-electron chi connectivity index (χ3n) is 6.57. The summed E-state index contributed by atoms with van der Waals surface area (Å²) in [6, 6.07) is 20.2. The van der Waals surface area contributed by atoms with Crippen LogP contribution >= 0.6 is 11.6 Å². The molecule has 1 aliphatic heterocycles. The van der Waals surface area contributed by atoms with E-state index in [4.69, 9.17) is 20.8 Å². The summed E-state index contributed by atoms with van der Waals surface area (Å²) >= 11 is 6.18. The lowest BCUT2D eigenvalue weighted by molar-refractivity contribution is -0.673. The molecule has 0 unspecified atom stereocenters. The van der Waals surface area contributed by atoms with E-state index in [1.165, 1.54) is 0 Å². The van der Waals surface area contributed by atoms with E-state index in [9.17, 15) is 25.9 Å². The third-order valence-corrected chi connectivity index (χ3v) is 8.28. The zero-order valence-corrected chi connectivity index (χ0v) is 24.8. The van der Waals surface area contributed by atoms with Gasteiger partial charge in [0.25, 0.3) is 5.52 Å². The number of nitrogens with zero attached hydrogens (tertiary/aromatic N) is 2. The summed E-state index contributed by atoms with van der Waals surface area (Å²) in [5, 5.41) is 0.457. The highest BCUT2D eigenvalue weighted by atomic mass is 35.5. The highest BCUT2D eigenvalue weighted by molar-refractivity contribution is 7.85. The van der Waals surface area contributed by atoms with Crippen LogP contribution in [0.3, 0.4) is 0 Å². The van der Waals surface area contributed by atoms with Crippen molar-refractivity contribution in [3.63, 3.8) is 0 Å². The molecule has 1 aromatic heterocycles. The zero-order valence-electron chi connectivity index (χ0n) is 22.4. The SMILES string of the molecule is CC(=C/c1oc2ccc(-c3ccccc3)cc2[n+]1CCS(=O)(=O)[O-])/C=C1/Oc2ccc(Cl)cc2N1CCCS(=O)(=O)[O-]. The molecule has 0 bridgehead atoms. The van der Waals surface area contributed by atoms with Gasteiger partial charge in [-0.3, -0.25) is 0 Å². The molecule has 0 saturated heterocycles. The average molecular weight is 630 g/mol. The second-order valence-electron chi connectivity index (χ2n) is 9.75. The van der Waals surface area contributed by atoms with Crippen LogP contribution in [0.15, 0.2) is 88.7 Å². The first-order valence-electron chi connectivity index (χ1n) is 12.9. The fraction of sp³-hybridized carbons (Fsp3) is 0.207. The van der Waals surface area contributed by atoms with E-state index < -0.39 is 31.7 Å². The minimum absolute atomic E-state index is 0.0677. The fourth-order valence-electron chi connectivity index (χ4n) is 4.70. The van der Waals surface area contributed by atoms with Crippen LogP contribution in [0.4, 0.5) is 5.69 Å². The lowest BCUT2D eigenvalue weighted by Gasteiger charge is -2.19. The number of hydrogen-bond donors (Lipinski definition) is 0. The van der Waals surface area contributed by atoms with E-state index in [-0.39, 0.29) is 19.5 Å². The summed E-state index contributed by atoms with van der Waals surface area (Å²) in [4.78, 5) is 1.73. The molecule has 0 saturated carbocycles. The number of allylic oxidation sites excluding steroid dienone is 2. The lowest BCUT2D eigenvalue weighted by atomic mass is 10.1. The average Bonchev–Trinajstić information content (AvgIpc) is 3.42. The van der Waals surface area contributed by atoms with Crippen LogP contribution in [0.5, 0.6) is 5.75 Å². The molecule has 0 spiro atoms.